The quantitative estimate of drug-likeness (QED) is 0.907. The lowest BCUT2D eigenvalue weighted by atomic mass is 10.2. The van der Waals surface area contributed by atoms with E-state index >= 15 is 0 Å². The molecule has 2 aromatic rings. The second kappa shape index (κ2) is 6.54. The SMILES string of the molecule is O=C(CNCc1ccccc1-n1cccn1)N1CCCC1. The van der Waals surface area contributed by atoms with E-state index in [0.717, 1.165) is 37.2 Å². The Bertz CT molecular complexity index is 588. The lowest BCUT2D eigenvalue weighted by molar-refractivity contribution is -0.129. The highest BCUT2D eigenvalue weighted by molar-refractivity contribution is 5.78. The zero-order valence-corrected chi connectivity index (χ0v) is 12.0. The van der Waals surface area contributed by atoms with E-state index in [9.17, 15) is 4.79 Å². The minimum atomic E-state index is 0.198. The molecule has 0 unspecified atom stereocenters. The van der Waals surface area contributed by atoms with Gasteiger partial charge in [-0.3, -0.25) is 4.79 Å². The summed E-state index contributed by atoms with van der Waals surface area (Å²) in [6, 6.07) is 10.00. The maximum atomic E-state index is 12.0. The number of nitrogens with one attached hydrogen (secondary N) is 1. The molecule has 1 aliphatic heterocycles. The maximum Gasteiger partial charge on any atom is 0.236 e. The third-order valence-electron chi connectivity index (χ3n) is 3.79. The number of carbonyl (C=O) groups excluding carboxylic acids is 1. The van der Waals surface area contributed by atoms with Crippen LogP contribution in [0.15, 0.2) is 42.7 Å². The monoisotopic (exact) mass is 284 g/mol. The fraction of sp³-hybridized carbons (Fsp3) is 0.375. The highest BCUT2D eigenvalue weighted by atomic mass is 16.2. The van der Waals surface area contributed by atoms with E-state index < -0.39 is 0 Å². The molecule has 0 aliphatic carbocycles. The Morgan fingerprint density at radius 1 is 1.19 bits per heavy atom. The first-order valence-corrected chi connectivity index (χ1v) is 7.41. The first kappa shape index (κ1) is 13.8. The number of para-hydroxylation sites is 1. The van der Waals surface area contributed by atoms with Gasteiger partial charge in [0, 0.05) is 32.0 Å². The van der Waals surface area contributed by atoms with Crippen molar-refractivity contribution in [3.8, 4) is 5.69 Å². The van der Waals surface area contributed by atoms with Crippen molar-refractivity contribution in [2.75, 3.05) is 19.6 Å². The molecule has 0 radical (unpaired) electrons. The van der Waals surface area contributed by atoms with Gasteiger partial charge >= 0.3 is 0 Å². The predicted molar refractivity (Wildman–Crippen MR) is 81.1 cm³/mol. The number of hydrogen-bond acceptors (Lipinski definition) is 3. The summed E-state index contributed by atoms with van der Waals surface area (Å²) in [4.78, 5) is 13.9. The maximum absolute atomic E-state index is 12.0. The third kappa shape index (κ3) is 3.31. The van der Waals surface area contributed by atoms with Gasteiger partial charge in [0.2, 0.25) is 5.91 Å². The first-order chi connectivity index (χ1) is 10.3. The standard InChI is InChI=1S/C16H20N4O/c21-16(19-9-3-4-10-19)13-17-12-14-6-1-2-7-15(14)20-11-5-8-18-20/h1-2,5-8,11,17H,3-4,9-10,12-13H2. The van der Waals surface area contributed by atoms with Gasteiger partial charge in [-0.1, -0.05) is 18.2 Å². The van der Waals surface area contributed by atoms with Crippen molar-refractivity contribution < 1.29 is 4.79 Å². The van der Waals surface area contributed by atoms with E-state index in [2.05, 4.69) is 16.5 Å². The molecular formula is C16H20N4O. The molecular weight excluding hydrogens is 264 g/mol. The van der Waals surface area contributed by atoms with E-state index in [0.29, 0.717) is 13.1 Å². The van der Waals surface area contributed by atoms with Gasteiger partial charge in [0.05, 0.1) is 12.2 Å². The van der Waals surface area contributed by atoms with Gasteiger partial charge in [-0.25, -0.2) is 4.68 Å². The van der Waals surface area contributed by atoms with Crippen LogP contribution in [0.2, 0.25) is 0 Å². The molecule has 3 rings (SSSR count). The van der Waals surface area contributed by atoms with Crippen LogP contribution in [0.5, 0.6) is 0 Å². The zero-order valence-electron chi connectivity index (χ0n) is 12.0. The van der Waals surface area contributed by atoms with Crippen LogP contribution >= 0.6 is 0 Å². The molecule has 1 aromatic heterocycles. The summed E-state index contributed by atoms with van der Waals surface area (Å²) in [7, 11) is 0. The van der Waals surface area contributed by atoms with Crippen LogP contribution in [0.4, 0.5) is 0 Å². The van der Waals surface area contributed by atoms with Crippen molar-refractivity contribution in [3.63, 3.8) is 0 Å². The number of likely N-dealkylation sites (tertiary alicyclic amines) is 1. The summed E-state index contributed by atoms with van der Waals surface area (Å²) >= 11 is 0. The van der Waals surface area contributed by atoms with Crippen molar-refractivity contribution >= 4 is 5.91 Å². The summed E-state index contributed by atoms with van der Waals surface area (Å²) in [5.74, 6) is 0.198. The van der Waals surface area contributed by atoms with Gasteiger partial charge in [0.15, 0.2) is 0 Å². The molecule has 21 heavy (non-hydrogen) atoms. The lowest BCUT2D eigenvalue weighted by Crippen LogP contribution is -2.36. The fourth-order valence-electron chi connectivity index (χ4n) is 2.68. The number of rotatable bonds is 5. The van der Waals surface area contributed by atoms with Crippen LogP contribution in [0.3, 0.4) is 0 Å². The molecule has 5 nitrogen and oxygen atoms in total. The number of carbonyl (C=O) groups is 1. The molecule has 2 heterocycles. The van der Waals surface area contributed by atoms with Gasteiger partial charge in [0.1, 0.15) is 0 Å². The number of amides is 1. The Morgan fingerprint density at radius 3 is 2.76 bits per heavy atom. The summed E-state index contributed by atoms with van der Waals surface area (Å²) < 4.78 is 1.85. The van der Waals surface area contributed by atoms with E-state index in [1.807, 2.05) is 40.0 Å². The predicted octanol–water partition coefficient (Wildman–Crippen LogP) is 1.58. The van der Waals surface area contributed by atoms with Crippen LogP contribution in [0.25, 0.3) is 5.69 Å². The van der Waals surface area contributed by atoms with Crippen molar-refractivity contribution in [2.24, 2.45) is 0 Å². The number of aromatic nitrogens is 2. The Morgan fingerprint density at radius 2 is 2.00 bits per heavy atom. The molecule has 1 aromatic carbocycles. The molecule has 0 atom stereocenters. The average molecular weight is 284 g/mol. The topological polar surface area (TPSA) is 50.2 Å². The number of hydrogen-bond donors (Lipinski definition) is 1. The first-order valence-electron chi connectivity index (χ1n) is 7.41. The molecule has 110 valence electrons. The minimum absolute atomic E-state index is 0.198. The van der Waals surface area contributed by atoms with Crippen molar-refractivity contribution in [2.45, 2.75) is 19.4 Å². The van der Waals surface area contributed by atoms with E-state index in [-0.39, 0.29) is 5.91 Å². The normalized spacial score (nSPS) is 14.6. The lowest BCUT2D eigenvalue weighted by Gasteiger charge is -2.16. The Hall–Kier alpha value is -2.14. The number of nitrogens with zero attached hydrogens (tertiary/aromatic N) is 3. The molecule has 0 bridgehead atoms. The average Bonchev–Trinajstić information content (AvgIpc) is 3.21. The third-order valence-corrected chi connectivity index (χ3v) is 3.79. The molecule has 1 saturated heterocycles. The molecule has 1 fully saturated rings. The van der Waals surface area contributed by atoms with Crippen LogP contribution in [-0.4, -0.2) is 40.2 Å². The highest BCUT2D eigenvalue weighted by Gasteiger charge is 2.17. The Labute approximate surface area is 124 Å². The summed E-state index contributed by atoms with van der Waals surface area (Å²) in [5, 5.41) is 7.52. The molecule has 1 amide bonds. The van der Waals surface area contributed by atoms with Crippen molar-refractivity contribution in [3.05, 3.63) is 48.3 Å². The fourth-order valence-corrected chi connectivity index (χ4v) is 2.68. The number of benzene rings is 1. The van der Waals surface area contributed by atoms with Gasteiger partial charge in [0.25, 0.3) is 0 Å². The second-order valence-corrected chi connectivity index (χ2v) is 5.27. The Balaban J connectivity index is 1.59. The van der Waals surface area contributed by atoms with E-state index in [1.165, 1.54) is 0 Å². The van der Waals surface area contributed by atoms with Crippen LogP contribution in [0, 0.1) is 0 Å². The van der Waals surface area contributed by atoms with E-state index in [1.54, 1.807) is 6.20 Å². The highest BCUT2D eigenvalue weighted by Crippen LogP contribution is 2.13. The zero-order chi connectivity index (χ0) is 14.5. The molecule has 0 spiro atoms. The van der Waals surface area contributed by atoms with Gasteiger partial charge in [-0.2, -0.15) is 5.10 Å². The Kier molecular flexibility index (Phi) is 4.31. The van der Waals surface area contributed by atoms with Crippen molar-refractivity contribution in [1.82, 2.24) is 20.0 Å². The van der Waals surface area contributed by atoms with Crippen LogP contribution < -0.4 is 5.32 Å². The summed E-state index contributed by atoms with van der Waals surface area (Å²) in [6.07, 6.45) is 5.96. The van der Waals surface area contributed by atoms with Gasteiger partial charge in [-0.15, -0.1) is 0 Å². The smallest absolute Gasteiger partial charge is 0.236 e. The molecule has 0 saturated carbocycles. The van der Waals surface area contributed by atoms with E-state index in [4.69, 9.17) is 0 Å². The molecule has 1 N–H and O–H groups in total. The summed E-state index contributed by atoms with van der Waals surface area (Å²) in [5.41, 5.74) is 2.18. The molecule has 5 heteroatoms. The van der Waals surface area contributed by atoms with Crippen LogP contribution in [0.1, 0.15) is 18.4 Å². The molecule has 1 aliphatic rings. The summed E-state index contributed by atoms with van der Waals surface area (Å²) in [6.45, 7) is 2.87. The minimum Gasteiger partial charge on any atom is -0.342 e. The van der Waals surface area contributed by atoms with Gasteiger partial charge in [-0.05, 0) is 30.5 Å². The largest absolute Gasteiger partial charge is 0.342 e. The van der Waals surface area contributed by atoms with Gasteiger partial charge < -0.3 is 10.2 Å². The van der Waals surface area contributed by atoms with Crippen molar-refractivity contribution in [1.29, 1.82) is 0 Å². The second-order valence-electron chi connectivity index (χ2n) is 5.27. The van der Waals surface area contributed by atoms with Crippen LogP contribution in [-0.2, 0) is 11.3 Å².